The fourth-order valence-electron chi connectivity index (χ4n) is 3.69. The van der Waals surface area contributed by atoms with Gasteiger partial charge in [0.05, 0.1) is 0 Å². The summed E-state index contributed by atoms with van der Waals surface area (Å²) in [6, 6.07) is 19.8. The van der Waals surface area contributed by atoms with Crippen LogP contribution < -0.4 is 9.80 Å². The summed E-state index contributed by atoms with van der Waals surface area (Å²) in [5.74, 6) is 0.0333. The lowest BCUT2D eigenvalue weighted by Crippen LogP contribution is -2.51. The zero-order valence-electron chi connectivity index (χ0n) is 15.3. The molecule has 0 bridgehead atoms. The van der Waals surface area contributed by atoms with E-state index in [4.69, 9.17) is 0 Å². The highest BCUT2D eigenvalue weighted by molar-refractivity contribution is 5.96. The molecule has 140 valence electrons. The smallest absolute Gasteiger partial charge is 0.325 e. The normalized spacial score (nSPS) is 17.6. The van der Waals surface area contributed by atoms with Crippen LogP contribution in [0, 0.1) is 0 Å². The average molecular weight is 364 g/mol. The number of carbonyl (C=O) groups is 2. The minimum absolute atomic E-state index is 0.0333. The monoisotopic (exact) mass is 364 g/mol. The maximum Gasteiger partial charge on any atom is 0.325 e. The van der Waals surface area contributed by atoms with E-state index in [0.29, 0.717) is 26.2 Å². The van der Waals surface area contributed by atoms with Crippen molar-refractivity contribution >= 4 is 23.3 Å². The summed E-state index contributed by atoms with van der Waals surface area (Å²) in [7, 11) is 0. The van der Waals surface area contributed by atoms with Gasteiger partial charge in [-0.2, -0.15) is 0 Å². The van der Waals surface area contributed by atoms with Crippen LogP contribution in [0.15, 0.2) is 60.7 Å². The standard InChI is InChI=1S/C21H24N4O2/c26-20(23-13-11-22(12-14-23)18-7-3-1-4-8-18)17-24-15-16-25(21(24)27)19-9-5-2-6-10-19/h1-10H,11-17H2. The quantitative estimate of drug-likeness (QED) is 0.836. The molecule has 2 aliphatic rings. The lowest BCUT2D eigenvalue weighted by Gasteiger charge is -2.36. The van der Waals surface area contributed by atoms with Crippen molar-refractivity contribution in [3.05, 3.63) is 60.7 Å². The van der Waals surface area contributed by atoms with Crippen LogP contribution in [-0.4, -0.2) is 67.6 Å². The molecule has 0 aromatic heterocycles. The van der Waals surface area contributed by atoms with E-state index in [9.17, 15) is 9.59 Å². The van der Waals surface area contributed by atoms with Crippen molar-refractivity contribution in [2.45, 2.75) is 0 Å². The van der Waals surface area contributed by atoms with E-state index in [2.05, 4.69) is 17.0 Å². The second kappa shape index (κ2) is 7.70. The maximum atomic E-state index is 12.7. The molecule has 0 saturated carbocycles. The molecule has 2 aromatic carbocycles. The Morgan fingerprint density at radius 3 is 1.96 bits per heavy atom. The average Bonchev–Trinajstić information content (AvgIpc) is 3.09. The number of amides is 3. The van der Waals surface area contributed by atoms with Crippen LogP contribution in [0.3, 0.4) is 0 Å². The SMILES string of the molecule is O=C(CN1CCN(c2ccccc2)C1=O)N1CCN(c2ccccc2)CC1. The van der Waals surface area contributed by atoms with Crippen LogP contribution in [0.2, 0.25) is 0 Å². The van der Waals surface area contributed by atoms with Crippen molar-refractivity contribution in [3.8, 4) is 0 Å². The molecule has 0 unspecified atom stereocenters. The zero-order chi connectivity index (χ0) is 18.6. The van der Waals surface area contributed by atoms with E-state index in [1.54, 1.807) is 9.80 Å². The van der Waals surface area contributed by atoms with Gasteiger partial charge >= 0.3 is 6.03 Å². The van der Waals surface area contributed by atoms with Gasteiger partial charge in [-0.1, -0.05) is 36.4 Å². The Bertz CT molecular complexity index is 788. The van der Waals surface area contributed by atoms with Crippen LogP contribution in [-0.2, 0) is 4.79 Å². The van der Waals surface area contributed by atoms with Gasteiger partial charge in [-0.05, 0) is 24.3 Å². The fourth-order valence-corrected chi connectivity index (χ4v) is 3.69. The highest BCUT2D eigenvalue weighted by atomic mass is 16.2. The molecule has 0 spiro atoms. The van der Waals surface area contributed by atoms with Crippen molar-refractivity contribution < 1.29 is 9.59 Å². The van der Waals surface area contributed by atoms with E-state index in [1.807, 2.05) is 53.4 Å². The van der Waals surface area contributed by atoms with E-state index < -0.39 is 0 Å². The molecule has 0 atom stereocenters. The van der Waals surface area contributed by atoms with E-state index in [0.717, 1.165) is 18.8 Å². The highest BCUT2D eigenvalue weighted by Gasteiger charge is 2.32. The second-order valence-corrected chi connectivity index (χ2v) is 6.89. The van der Waals surface area contributed by atoms with E-state index >= 15 is 0 Å². The largest absolute Gasteiger partial charge is 0.368 e. The van der Waals surface area contributed by atoms with Crippen LogP contribution in [0.1, 0.15) is 0 Å². The van der Waals surface area contributed by atoms with Crippen LogP contribution in [0.4, 0.5) is 16.2 Å². The zero-order valence-corrected chi connectivity index (χ0v) is 15.3. The fraction of sp³-hybridized carbons (Fsp3) is 0.333. The molecule has 2 aromatic rings. The topological polar surface area (TPSA) is 47.1 Å². The summed E-state index contributed by atoms with van der Waals surface area (Å²) >= 11 is 0. The van der Waals surface area contributed by atoms with Crippen LogP contribution >= 0.6 is 0 Å². The van der Waals surface area contributed by atoms with Gasteiger partial charge in [0, 0.05) is 50.6 Å². The summed E-state index contributed by atoms with van der Waals surface area (Å²) in [4.78, 5) is 32.9. The molecular weight excluding hydrogens is 340 g/mol. The number of piperazine rings is 1. The first kappa shape index (κ1) is 17.4. The van der Waals surface area contributed by atoms with E-state index in [-0.39, 0.29) is 18.5 Å². The molecule has 4 rings (SSSR count). The number of hydrogen-bond donors (Lipinski definition) is 0. The van der Waals surface area contributed by atoms with Gasteiger partial charge in [0.25, 0.3) is 0 Å². The summed E-state index contributed by atoms with van der Waals surface area (Å²) in [6.07, 6.45) is 0. The Balaban J connectivity index is 1.31. The van der Waals surface area contributed by atoms with Crippen molar-refractivity contribution in [2.24, 2.45) is 0 Å². The molecule has 2 aliphatic heterocycles. The Morgan fingerprint density at radius 1 is 0.741 bits per heavy atom. The number of urea groups is 1. The minimum Gasteiger partial charge on any atom is -0.368 e. The molecule has 0 radical (unpaired) electrons. The van der Waals surface area contributed by atoms with E-state index in [1.165, 1.54) is 5.69 Å². The van der Waals surface area contributed by atoms with Gasteiger partial charge < -0.3 is 14.7 Å². The Morgan fingerprint density at radius 2 is 1.33 bits per heavy atom. The summed E-state index contributed by atoms with van der Waals surface area (Å²) in [5, 5.41) is 0. The van der Waals surface area contributed by atoms with Gasteiger partial charge in [-0.25, -0.2) is 4.79 Å². The number of hydrogen-bond acceptors (Lipinski definition) is 3. The third kappa shape index (κ3) is 3.74. The molecule has 3 amide bonds. The number of para-hydroxylation sites is 2. The Hall–Kier alpha value is -3.02. The Kier molecular flexibility index (Phi) is 4.96. The molecule has 2 saturated heterocycles. The molecule has 6 nitrogen and oxygen atoms in total. The van der Waals surface area contributed by atoms with Crippen LogP contribution in [0.5, 0.6) is 0 Å². The van der Waals surface area contributed by atoms with Crippen molar-refractivity contribution in [1.29, 1.82) is 0 Å². The molecule has 27 heavy (non-hydrogen) atoms. The number of nitrogens with zero attached hydrogens (tertiary/aromatic N) is 4. The lowest BCUT2D eigenvalue weighted by molar-refractivity contribution is -0.131. The van der Waals surface area contributed by atoms with Gasteiger partial charge in [0.2, 0.25) is 5.91 Å². The second-order valence-electron chi connectivity index (χ2n) is 6.89. The number of rotatable bonds is 4. The first-order chi connectivity index (χ1) is 13.2. The molecular formula is C21H24N4O2. The van der Waals surface area contributed by atoms with Crippen molar-refractivity contribution in [2.75, 3.05) is 55.6 Å². The molecule has 6 heteroatoms. The number of anilines is 2. The van der Waals surface area contributed by atoms with Gasteiger partial charge in [0.15, 0.2) is 0 Å². The minimum atomic E-state index is -0.0857. The highest BCUT2D eigenvalue weighted by Crippen LogP contribution is 2.20. The predicted molar refractivity (Wildman–Crippen MR) is 106 cm³/mol. The molecule has 0 aliphatic carbocycles. The molecule has 0 N–H and O–H groups in total. The summed E-state index contributed by atoms with van der Waals surface area (Å²) in [6.45, 7) is 4.39. The predicted octanol–water partition coefficient (Wildman–Crippen LogP) is 2.28. The van der Waals surface area contributed by atoms with Gasteiger partial charge in [0.1, 0.15) is 6.54 Å². The number of benzene rings is 2. The number of carbonyl (C=O) groups excluding carboxylic acids is 2. The summed E-state index contributed by atoms with van der Waals surface area (Å²) < 4.78 is 0. The van der Waals surface area contributed by atoms with Crippen molar-refractivity contribution in [3.63, 3.8) is 0 Å². The van der Waals surface area contributed by atoms with Crippen molar-refractivity contribution in [1.82, 2.24) is 9.80 Å². The molecule has 2 heterocycles. The third-order valence-corrected chi connectivity index (χ3v) is 5.24. The first-order valence-corrected chi connectivity index (χ1v) is 9.41. The van der Waals surface area contributed by atoms with Gasteiger partial charge in [-0.15, -0.1) is 0 Å². The lowest BCUT2D eigenvalue weighted by atomic mass is 10.2. The first-order valence-electron chi connectivity index (χ1n) is 9.41. The summed E-state index contributed by atoms with van der Waals surface area (Å²) in [5.41, 5.74) is 2.08. The van der Waals surface area contributed by atoms with Gasteiger partial charge in [-0.3, -0.25) is 9.69 Å². The van der Waals surface area contributed by atoms with Crippen LogP contribution in [0.25, 0.3) is 0 Å². The third-order valence-electron chi connectivity index (χ3n) is 5.24. The molecule has 2 fully saturated rings. The Labute approximate surface area is 159 Å². The maximum absolute atomic E-state index is 12.7.